The summed E-state index contributed by atoms with van der Waals surface area (Å²) in [6, 6.07) is 1.66. The summed E-state index contributed by atoms with van der Waals surface area (Å²) >= 11 is 1.42. The van der Waals surface area contributed by atoms with Gasteiger partial charge in [-0.25, -0.2) is 9.78 Å². The third-order valence-electron chi connectivity index (χ3n) is 4.71. The van der Waals surface area contributed by atoms with E-state index in [1.54, 1.807) is 6.07 Å². The Hall–Kier alpha value is -2.04. The molecule has 0 atom stereocenters. The van der Waals surface area contributed by atoms with Gasteiger partial charge in [-0.3, -0.25) is 9.69 Å². The van der Waals surface area contributed by atoms with Crippen LogP contribution < -0.4 is 5.56 Å². The molecular formula is C16H22N6O3S. The molecule has 2 aromatic rings. The van der Waals surface area contributed by atoms with Crippen molar-refractivity contribution in [1.29, 1.82) is 0 Å². The molecule has 0 spiro atoms. The lowest BCUT2D eigenvalue weighted by Gasteiger charge is -2.38. The third-order valence-corrected chi connectivity index (χ3v) is 5.53. The van der Waals surface area contributed by atoms with Gasteiger partial charge in [-0.1, -0.05) is 11.3 Å². The monoisotopic (exact) mass is 378 g/mol. The standard InChI is InChI=1S/C16H22N6O3S/c1-12-18-22-14(23)10-13(17-15(22)26-12)11-19-2-4-20(5-3-19)16(24)21-6-8-25-9-7-21/h10H,2-9,11H2,1H3. The van der Waals surface area contributed by atoms with Crippen molar-refractivity contribution in [3.63, 3.8) is 0 Å². The topological polar surface area (TPSA) is 83.3 Å². The molecule has 140 valence electrons. The zero-order valence-corrected chi connectivity index (χ0v) is 15.6. The number of aryl methyl sites for hydroxylation is 1. The lowest BCUT2D eigenvalue weighted by molar-refractivity contribution is 0.0372. The van der Waals surface area contributed by atoms with Gasteiger partial charge in [0.05, 0.1) is 18.9 Å². The van der Waals surface area contributed by atoms with Gasteiger partial charge in [-0.2, -0.15) is 9.61 Å². The van der Waals surface area contributed by atoms with Crippen LogP contribution in [-0.2, 0) is 11.3 Å². The van der Waals surface area contributed by atoms with Crippen molar-refractivity contribution in [2.45, 2.75) is 13.5 Å². The number of urea groups is 1. The van der Waals surface area contributed by atoms with Crippen molar-refractivity contribution in [2.24, 2.45) is 0 Å². The quantitative estimate of drug-likeness (QED) is 0.733. The van der Waals surface area contributed by atoms with Crippen LogP contribution >= 0.6 is 11.3 Å². The Morgan fingerprint density at radius 1 is 1.15 bits per heavy atom. The minimum Gasteiger partial charge on any atom is -0.378 e. The van der Waals surface area contributed by atoms with E-state index < -0.39 is 0 Å². The number of hydrogen-bond donors (Lipinski definition) is 0. The normalized spacial score (nSPS) is 19.3. The van der Waals surface area contributed by atoms with Crippen LogP contribution in [0.4, 0.5) is 4.79 Å². The number of piperazine rings is 1. The molecule has 26 heavy (non-hydrogen) atoms. The summed E-state index contributed by atoms with van der Waals surface area (Å²) in [6.07, 6.45) is 0. The minimum atomic E-state index is -0.143. The fourth-order valence-electron chi connectivity index (χ4n) is 3.31. The molecule has 0 aromatic carbocycles. The number of hydrogen-bond acceptors (Lipinski definition) is 7. The highest BCUT2D eigenvalue weighted by atomic mass is 32.1. The summed E-state index contributed by atoms with van der Waals surface area (Å²) in [5, 5.41) is 4.98. The van der Waals surface area contributed by atoms with E-state index in [-0.39, 0.29) is 11.6 Å². The molecule has 0 bridgehead atoms. The van der Waals surface area contributed by atoms with E-state index in [1.165, 1.54) is 15.9 Å². The van der Waals surface area contributed by atoms with Crippen molar-refractivity contribution in [3.8, 4) is 0 Å². The Bertz CT molecular complexity index is 851. The smallest absolute Gasteiger partial charge is 0.320 e. The maximum atomic E-state index is 12.5. The van der Waals surface area contributed by atoms with Crippen LogP contribution in [0, 0.1) is 6.92 Å². The van der Waals surface area contributed by atoms with E-state index in [2.05, 4.69) is 15.0 Å². The Kier molecular flexibility index (Phi) is 4.88. The molecule has 2 amide bonds. The van der Waals surface area contributed by atoms with Crippen molar-refractivity contribution < 1.29 is 9.53 Å². The molecule has 10 heteroatoms. The molecular weight excluding hydrogens is 356 g/mol. The molecule has 0 aliphatic carbocycles. The lowest BCUT2D eigenvalue weighted by Crippen LogP contribution is -2.54. The van der Waals surface area contributed by atoms with E-state index in [0.29, 0.717) is 50.9 Å². The molecule has 2 aromatic heterocycles. The second-order valence-corrected chi connectivity index (χ2v) is 7.71. The van der Waals surface area contributed by atoms with E-state index in [1.807, 2.05) is 16.7 Å². The van der Waals surface area contributed by atoms with Crippen LogP contribution in [0.15, 0.2) is 10.9 Å². The second-order valence-electron chi connectivity index (χ2n) is 6.55. The number of carbonyl (C=O) groups is 1. The first-order chi connectivity index (χ1) is 12.6. The van der Waals surface area contributed by atoms with Gasteiger partial charge in [-0.05, 0) is 6.92 Å². The third kappa shape index (κ3) is 3.57. The highest BCUT2D eigenvalue weighted by Gasteiger charge is 2.26. The molecule has 2 fully saturated rings. The first kappa shape index (κ1) is 17.4. The van der Waals surface area contributed by atoms with Crippen molar-refractivity contribution in [3.05, 3.63) is 27.1 Å². The molecule has 4 heterocycles. The van der Waals surface area contributed by atoms with Crippen molar-refractivity contribution >= 4 is 22.3 Å². The highest BCUT2D eigenvalue weighted by molar-refractivity contribution is 7.16. The van der Waals surface area contributed by atoms with Crippen LogP contribution in [-0.4, -0.2) is 87.8 Å². The number of morpholine rings is 1. The van der Waals surface area contributed by atoms with Crippen LogP contribution in [0.3, 0.4) is 0 Å². The van der Waals surface area contributed by atoms with Gasteiger partial charge in [0.25, 0.3) is 5.56 Å². The van der Waals surface area contributed by atoms with E-state index in [4.69, 9.17) is 4.74 Å². The molecule has 2 aliphatic heterocycles. The SMILES string of the molecule is Cc1nn2c(=O)cc(CN3CCN(C(=O)N4CCOCC4)CC3)nc2s1. The number of ether oxygens (including phenoxy) is 1. The predicted octanol–water partition coefficient (Wildman–Crippen LogP) is 0.0292. The van der Waals surface area contributed by atoms with Gasteiger partial charge in [0.2, 0.25) is 4.96 Å². The second kappa shape index (κ2) is 7.29. The summed E-state index contributed by atoms with van der Waals surface area (Å²) in [7, 11) is 0. The predicted molar refractivity (Wildman–Crippen MR) is 96.5 cm³/mol. The van der Waals surface area contributed by atoms with E-state index >= 15 is 0 Å². The van der Waals surface area contributed by atoms with Crippen molar-refractivity contribution in [1.82, 2.24) is 29.3 Å². The van der Waals surface area contributed by atoms with Gasteiger partial charge in [0.15, 0.2) is 0 Å². The van der Waals surface area contributed by atoms with Crippen molar-refractivity contribution in [2.75, 3.05) is 52.5 Å². The lowest BCUT2D eigenvalue weighted by atomic mass is 10.3. The number of nitrogens with zero attached hydrogens (tertiary/aromatic N) is 6. The number of rotatable bonds is 2. The van der Waals surface area contributed by atoms with Crippen LogP contribution in [0.2, 0.25) is 0 Å². The van der Waals surface area contributed by atoms with Gasteiger partial charge in [-0.15, -0.1) is 0 Å². The summed E-state index contributed by atoms with van der Waals surface area (Å²) in [4.78, 5) is 35.9. The van der Waals surface area contributed by atoms with Gasteiger partial charge < -0.3 is 14.5 Å². The minimum absolute atomic E-state index is 0.103. The van der Waals surface area contributed by atoms with E-state index in [9.17, 15) is 9.59 Å². The fraction of sp³-hybridized carbons (Fsp3) is 0.625. The summed E-state index contributed by atoms with van der Waals surface area (Å²) in [5.74, 6) is 0. The maximum Gasteiger partial charge on any atom is 0.320 e. The Balaban J connectivity index is 1.36. The summed E-state index contributed by atoms with van der Waals surface area (Å²) in [5.41, 5.74) is 0.613. The highest BCUT2D eigenvalue weighted by Crippen LogP contribution is 2.13. The number of fused-ring (bicyclic) bond motifs is 1. The molecule has 2 aliphatic rings. The van der Waals surface area contributed by atoms with Gasteiger partial charge in [0.1, 0.15) is 5.01 Å². The maximum absolute atomic E-state index is 12.5. The Morgan fingerprint density at radius 3 is 2.58 bits per heavy atom. The van der Waals surface area contributed by atoms with Gasteiger partial charge in [0, 0.05) is 51.9 Å². The average Bonchev–Trinajstić information content (AvgIpc) is 3.03. The van der Waals surface area contributed by atoms with Crippen LogP contribution in [0.25, 0.3) is 4.96 Å². The van der Waals surface area contributed by atoms with E-state index in [0.717, 1.165) is 23.8 Å². The number of amides is 2. The van der Waals surface area contributed by atoms with Gasteiger partial charge >= 0.3 is 6.03 Å². The van der Waals surface area contributed by atoms with Crippen LogP contribution in [0.5, 0.6) is 0 Å². The molecule has 9 nitrogen and oxygen atoms in total. The molecule has 0 unspecified atom stereocenters. The molecule has 0 saturated carbocycles. The Labute approximate surface area is 154 Å². The molecule has 2 saturated heterocycles. The largest absolute Gasteiger partial charge is 0.378 e. The zero-order chi connectivity index (χ0) is 18.1. The summed E-state index contributed by atoms with van der Waals surface area (Å²) < 4.78 is 6.65. The summed E-state index contributed by atoms with van der Waals surface area (Å²) in [6.45, 7) is 7.98. The fourth-order valence-corrected chi connectivity index (χ4v) is 4.08. The van der Waals surface area contributed by atoms with Crippen LogP contribution in [0.1, 0.15) is 10.7 Å². The first-order valence-corrected chi connectivity index (χ1v) is 9.62. The molecule has 0 radical (unpaired) electrons. The number of aromatic nitrogens is 3. The number of carbonyl (C=O) groups excluding carboxylic acids is 1. The molecule has 4 rings (SSSR count). The first-order valence-electron chi connectivity index (χ1n) is 8.80. The Morgan fingerprint density at radius 2 is 1.85 bits per heavy atom. The zero-order valence-electron chi connectivity index (χ0n) is 14.8. The molecule has 0 N–H and O–H groups in total. The average molecular weight is 378 g/mol.